The average Bonchev–Trinajstić information content (AvgIpc) is 2.68. The summed E-state index contributed by atoms with van der Waals surface area (Å²) in [7, 11) is 0. The highest BCUT2D eigenvalue weighted by Crippen LogP contribution is 2.15. The number of aryl methyl sites for hydroxylation is 2. The molecule has 1 aromatic heterocycles. The highest BCUT2D eigenvalue weighted by molar-refractivity contribution is 6.31. The van der Waals surface area contributed by atoms with Crippen molar-refractivity contribution in [2.24, 2.45) is 5.16 Å². The van der Waals surface area contributed by atoms with Crippen LogP contribution in [0.5, 0.6) is 0 Å². The first-order valence-corrected chi connectivity index (χ1v) is 9.11. The zero-order chi connectivity index (χ0) is 18.0. The molecule has 4 heteroatoms. The standard InChI is InChI=1S/C22H22ClN2O/c23-22-11-5-4-10-21(22)18-26-24-17-20-12-15-25(16-13-20)14-6-9-19-7-2-1-3-8-19/h1-5,7-8,10-13,15-17H,6,9,14,18H2/q+1/b24-17+. The van der Waals surface area contributed by atoms with Crippen molar-refractivity contribution >= 4 is 17.8 Å². The molecule has 0 unspecified atom stereocenters. The molecule has 3 aromatic rings. The maximum atomic E-state index is 6.08. The third-order valence-corrected chi connectivity index (χ3v) is 4.46. The lowest BCUT2D eigenvalue weighted by Crippen LogP contribution is -2.32. The van der Waals surface area contributed by atoms with Gasteiger partial charge < -0.3 is 4.84 Å². The molecule has 26 heavy (non-hydrogen) atoms. The van der Waals surface area contributed by atoms with E-state index in [4.69, 9.17) is 16.4 Å². The number of benzene rings is 2. The molecule has 2 aromatic carbocycles. The Bertz CT molecular complexity index is 832. The van der Waals surface area contributed by atoms with E-state index in [1.807, 2.05) is 36.4 Å². The third kappa shape index (κ3) is 5.71. The van der Waals surface area contributed by atoms with Gasteiger partial charge in [0.15, 0.2) is 12.4 Å². The molecule has 0 aliphatic rings. The topological polar surface area (TPSA) is 25.5 Å². The Labute approximate surface area is 159 Å². The van der Waals surface area contributed by atoms with E-state index in [9.17, 15) is 0 Å². The maximum Gasteiger partial charge on any atom is 0.169 e. The summed E-state index contributed by atoms with van der Waals surface area (Å²) in [4.78, 5) is 5.33. The lowest BCUT2D eigenvalue weighted by Gasteiger charge is -2.02. The summed E-state index contributed by atoms with van der Waals surface area (Å²) in [6, 6.07) is 22.2. The monoisotopic (exact) mass is 365 g/mol. The molecule has 0 bridgehead atoms. The van der Waals surface area contributed by atoms with Gasteiger partial charge in [-0.05, 0) is 18.1 Å². The van der Waals surface area contributed by atoms with Gasteiger partial charge >= 0.3 is 0 Å². The fraction of sp³-hybridized carbons (Fsp3) is 0.182. The normalized spacial score (nSPS) is 11.0. The van der Waals surface area contributed by atoms with E-state index < -0.39 is 0 Å². The van der Waals surface area contributed by atoms with Crippen LogP contribution in [0.1, 0.15) is 23.1 Å². The summed E-state index contributed by atoms with van der Waals surface area (Å²) >= 11 is 6.08. The fourth-order valence-corrected chi connectivity index (χ4v) is 2.83. The van der Waals surface area contributed by atoms with E-state index in [1.165, 1.54) is 5.56 Å². The number of halogens is 1. The van der Waals surface area contributed by atoms with Gasteiger partial charge in [0.1, 0.15) is 13.2 Å². The minimum absolute atomic E-state index is 0.364. The Kier molecular flexibility index (Phi) is 6.80. The second-order valence-electron chi connectivity index (χ2n) is 6.06. The second kappa shape index (κ2) is 9.73. The molecule has 0 aliphatic heterocycles. The number of oxime groups is 1. The molecule has 0 radical (unpaired) electrons. The predicted octanol–water partition coefficient (Wildman–Crippen LogP) is 4.81. The van der Waals surface area contributed by atoms with Gasteiger partial charge in [0.2, 0.25) is 0 Å². The first kappa shape index (κ1) is 18.2. The van der Waals surface area contributed by atoms with Crippen LogP contribution in [0.3, 0.4) is 0 Å². The average molecular weight is 366 g/mol. The van der Waals surface area contributed by atoms with Gasteiger partial charge in [-0.15, -0.1) is 0 Å². The van der Waals surface area contributed by atoms with Crippen LogP contribution in [-0.2, 0) is 24.4 Å². The predicted molar refractivity (Wildman–Crippen MR) is 105 cm³/mol. The fourth-order valence-electron chi connectivity index (χ4n) is 2.63. The highest BCUT2D eigenvalue weighted by atomic mass is 35.5. The lowest BCUT2D eigenvalue weighted by atomic mass is 10.1. The number of hydrogen-bond acceptors (Lipinski definition) is 2. The molecule has 0 aliphatic carbocycles. The van der Waals surface area contributed by atoms with E-state index in [0.29, 0.717) is 11.6 Å². The Morgan fingerprint density at radius 2 is 1.65 bits per heavy atom. The summed E-state index contributed by atoms with van der Waals surface area (Å²) in [5, 5.41) is 4.71. The van der Waals surface area contributed by atoms with Gasteiger partial charge in [0.25, 0.3) is 0 Å². The van der Waals surface area contributed by atoms with Gasteiger partial charge in [0.05, 0.1) is 6.21 Å². The van der Waals surface area contributed by atoms with Crippen LogP contribution in [0, 0.1) is 0 Å². The third-order valence-electron chi connectivity index (χ3n) is 4.10. The lowest BCUT2D eigenvalue weighted by molar-refractivity contribution is -0.697. The molecule has 0 saturated carbocycles. The summed E-state index contributed by atoms with van der Waals surface area (Å²) in [5.41, 5.74) is 3.31. The molecule has 0 atom stereocenters. The molecule has 0 spiro atoms. The van der Waals surface area contributed by atoms with Crippen LogP contribution in [-0.4, -0.2) is 6.21 Å². The Morgan fingerprint density at radius 3 is 2.42 bits per heavy atom. The maximum absolute atomic E-state index is 6.08. The van der Waals surface area contributed by atoms with Gasteiger partial charge in [-0.3, -0.25) is 0 Å². The van der Waals surface area contributed by atoms with Crippen LogP contribution >= 0.6 is 11.6 Å². The molecule has 3 rings (SSSR count). The van der Waals surface area contributed by atoms with Crippen molar-refractivity contribution in [2.45, 2.75) is 26.0 Å². The molecular formula is C22H22ClN2O+. The summed E-state index contributed by atoms with van der Waals surface area (Å²) in [6.45, 7) is 1.36. The molecule has 0 fully saturated rings. The largest absolute Gasteiger partial charge is 0.391 e. The van der Waals surface area contributed by atoms with Gasteiger partial charge in [-0.1, -0.05) is 65.3 Å². The Morgan fingerprint density at radius 1 is 0.923 bits per heavy atom. The van der Waals surface area contributed by atoms with E-state index in [0.717, 1.165) is 30.5 Å². The molecular weight excluding hydrogens is 344 g/mol. The molecule has 0 saturated heterocycles. The Hall–Kier alpha value is -2.65. The first-order valence-electron chi connectivity index (χ1n) is 8.73. The molecule has 0 amide bonds. The van der Waals surface area contributed by atoms with Crippen LogP contribution in [0.4, 0.5) is 0 Å². The van der Waals surface area contributed by atoms with Crippen LogP contribution < -0.4 is 4.57 Å². The smallest absolute Gasteiger partial charge is 0.169 e. The van der Waals surface area contributed by atoms with Gasteiger partial charge in [-0.25, -0.2) is 4.57 Å². The van der Waals surface area contributed by atoms with E-state index >= 15 is 0 Å². The van der Waals surface area contributed by atoms with Crippen LogP contribution in [0.2, 0.25) is 5.02 Å². The highest BCUT2D eigenvalue weighted by Gasteiger charge is 2.01. The van der Waals surface area contributed by atoms with Crippen LogP contribution in [0.25, 0.3) is 0 Å². The minimum atomic E-state index is 0.364. The molecule has 3 nitrogen and oxygen atoms in total. The van der Waals surface area contributed by atoms with Crippen molar-refractivity contribution in [3.63, 3.8) is 0 Å². The number of hydrogen-bond donors (Lipinski definition) is 0. The summed E-state index contributed by atoms with van der Waals surface area (Å²) < 4.78 is 2.19. The summed E-state index contributed by atoms with van der Waals surface area (Å²) in [6.07, 6.45) is 8.06. The number of pyridine rings is 1. The minimum Gasteiger partial charge on any atom is -0.391 e. The molecule has 132 valence electrons. The number of rotatable bonds is 8. The summed E-state index contributed by atoms with van der Waals surface area (Å²) in [5.74, 6) is 0. The van der Waals surface area contributed by atoms with Crippen molar-refractivity contribution in [2.75, 3.05) is 0 Å². The quantitative estimate of drug-likeness (QED) is 0.319. The first-order chi connectivity index (χ1) is 12.8. The van der Waals surface area contributed by atoms with Gasteiger partial charge in [-0.2, -0.15) is 0 Å². The van der Waals surface area contributed by atoms with E-state index in [-0.39, 0.29) is 0 Å². The SMILES string of the molecule is Clc1ccccc1CO/N=C/c1cc[n+](CCCc2ccccc2)cc1. The van der Waals surface area contributed by atoms with Crippen molar-refractivity contribution in [3.05, 3.63) is 101 Å². The Balaban J connectivity index is 1.43. The second-order valence-corrected chi connectivity index (χ2v) is 6.47. The molecule has 0 N–H and O–H groups in total. The number of aromatic nitrogens is 1. The zero-order valence-electron chi connectivity index (χ0n) is 14.6. The molecule has 1 heterocycles. The van der Waals surface area contributed by atoms with Crippen molar-refractivity contribution in [1.29, 1.82) is 0 Å². The van der Waals surface area contributed by atoms with E-state index in [1.54, 1.807) is 6.21 Å². The van der Waals surface area contributed by atoms with Crippen LogP contribution in [0.15, 0.2) is 84.3 Å². The van der Waals surface area contributed by atoms with Crippen molar-refractivity contribution < 1.29 is 9.40 Å². The number of nitrogens with zero attached hydrogens (tertiary/aromatic N) is 2. The van der Waals surface area contributed by atoms with Crippen molar-refractivity contribution in [3.8, 4) is 0 Å². The van der Waals surface area contributed by atoms with Crippen molar-refractivity contribution in [1.82, 2.24) is 0 Å². The van der Waals surface area contributed by atoms with Gasteiger partial charge in [0, 0.05) is 34.7 Å². The zero-order valence-corrected chi connectivity index (χ0v) is 15.3. The van der Waals surface area contributed by atoms with E-state index in [2.05, 4.69) is 52.4 Å².